The van der Waals surface area contributed by atoms with E-state index in [1.165, 1.54) is 6.20 Å². The predicted octanol–water partition coefficient (Wildman–Crippen LogP) is 4.42. The van der Waals surface area contributed by atoms with Crippen LogP contribution in [0.25, 0.3) is 22.0 Å². The van der Waals surface area contributed by atoms with Crippen LogP contribution in [-0.2, 0) is 9.05 Å². The molecule has 0 saturated carbocycles. The minimum absolute atomic E-state index is 0.0583. The van der Waals surface area contributed by atoms with E-state index < -0.39 is 9.05 Å². The van der Waals surface area contributed by atoms with Gasteiger partial charge in [0, 0.05) is 27.8 Å². The molecular weight excluding hydrogens is 317 g/mol. The molecule has 0 atom stereocenters. The minimum atomic E-state index is -3.80. The second kappa shape index (κ2) is 4.81. The Kier molecular flexibility index (Phi) is 3.24. The second-order valence-electron chi connectivity index (χ2n) is 4.30. The maximum Gasteiger partial charge on any atom is 0.263 e. The Balaban J connectivity index is 2.39. The van der Waals surface area contributed by atoms with Crippen molar-refractivity contribution < 1.29 is 8.42 Å². The van der Waals surface area contributed by atoms with Gasteiger partial charge in [-0.2, -0.15) is 0 Å². The van der Waals surface area contributed by atoms with Crippen LogP contribution in [0.4, 0.5) is 0 Å². The molecule has 3 nitrogen and oxygen atoms in total. The fourth-order valence-electron chi connectivity index (χ4n) is 2.24. The summed E-state index contributed by atoms with van der Waals surface area (Å²) in [6.45, 7) is 0. The van der Waals surface area contributed by atoms with E-state index in [1.54, 1.807) is 12.1 Å². The Hall–Kier alpha value is -1.49. The van der Waals surface area contributed by atoms with Crippen LogP contribution in [0.2, 0.25) is 5.02 Å². The first-order valence-corrected chi connectivity index (χ1v) is 8.47. The van der Waals surface area contributed by atoms with Crippen LogP contribution in [-0.4, -0.2) is 13.4 Å². The second-order valence-corrected chi connectivity index (χ2v) is 7.24. The highest BCUT2D eigenvalue weighted by atomic mass is 35.7. The SMILES string of the molecule is O=S(=O)(Cl)c1c[nH]c2c(-c3ccccc3)c(Cl)ccc12. The van der Waals surface area contributed by atoms with E-state index in [0.717, 1.165) is 11.1 Å². The molecular formula is C14H9Cl2NO2S. The molecule has 0 fully saturated rings. The molecule has 0 aliphatic rings. The number of aromatic amines is 1. The van der Waals surface area contributed by atoms with Crippen molar-refractivity contribution in [3.8, 4) is 11.1 Å². The van der Waals surface area contributed by atoms with Crippen molar-refractivity contribution in [3.05, 3.63) is 53.7 Å². The van der Waals surface area contributed by atoms with E-state index in [9.17, 15) is 8.42 Å². The molecule has 1 heterocycles. The molecule has 102 valence electrons. The summed E-state index contributed by atoms with van der Waals surface area (Å²) in [6, 6.07) is 12.8. The lowest BCUT2D eigenvalue weighted by Gasteiger charge is -2.06. The molecule has 1 N–H and O–H groups in total. The van der Waals surface area contributed by atoms with Gasteiger partial charge in [-0.25, -0.2) is 8.42 Å². The van der Waals surface area contributed by atoms with Gasteiger partial charge in [-0.15, -0.1) is 0 Å². The van der Waals surface area contributed by atoms with Crippen molar-refractivity contribution in [1.29, 1.82) is 0 Å². The molecule has 3 aromatic rings. The Bertz CT molecular complexity index is 886. The van der Waals surface area contributed by atoms with Gasteiger partial charge < -0.3 is 4.98 Å². The molecule has 6 heteroatoms. The quantitative estimate of drug-likeness (QED) is 0.709. The Morgan fingerprint density at radius 3 is 2.35 bits per heavy atom. The molecule has 1 aromatic heterocycles. The van der Waals surface area contributed by atoms with Crippen LogP contribution in [0, 0.1) is 0 Å². The number of halogens is 2. The lowest BCUT2D eigenvalue weighted by molar-refractivity contribution is 0.610. The van der Waals surface area contributed by atoms with Gasteiger partial charge in [-0.1, -0.05) is 41.9 Å². The number of rotatable bonds is 2. The zero-order valence-electron chi connectivity index (χ0n) is 10.1. The van der Waals surface area contributed by atoms with Crippen molar-refractivity contribution in [3.63, 3.8) is 0 Å². The van der Waals surface area contributed by atoms with E-state index in [2.05, 4.69) is 4.98 Å². The van der Waals surface area contributed by atoms with Gasteiger partial charge in [0.15, 0.2) is 0 Å². The molecule has 0 spiro atoms. The van der Waals surface area contributed by atoms with Crippen LogP contribution < -0.4 is 0 Å². The van der Waals surface area contributed by atoms with Gasteiger partial charge in [0.25, 0.3) is 9.05 Å². The first-order chi connectivity index (χ1) is 9.48. The highest BCUT2D eigenvalue weighted by Gasteiger charge is 2.19. The minimum Gasteiger partial charge on any atom is -0.359 e. The van der Waals surface area contributed by atoms with E-state index in [1.807, 2.05) is 30.3 Å². The fraction of sp³-hybridized carbons (Fsp3) is 0. The summed E-state index contributed by atoms with van der Waals surface area (Å²) in [5, 5.41) is 1.08. The molecule has 0 unspecified atom stereocenters. The standard InChI is InChI=1S/C14H9Cl2NO2S/c15-11-7-6-10-12(20(16,18)19)8-17-14(10)13(11)9-4-2-1-3-5-9/h1-8,17H. The highest BCUT2D eigenvalue weighted by molar-refractivity contribution is 8.14. The first-order valence-electron chi connectivity index (χ1n) is 5.78. The number of hydrogen-bond donors (Lipinski definition) is 1. The normalized spacial score (nSPS) is 11.9. The number of aromatic nitrogens is 1. The van der Waals surface area contributed by atoms with Gasteiger partial charge >= 0.3 is 0 Å². The highest BCUT2D eigenvalue weighted by Crippen LogP contribution is 2.37. The van der Waals surface area contributed by atoms with Crippen LogP contribution in [0.1, 0.15) is 0 Å². The van der Waals surface area contributed by atoms with E-state index in [0.29, 0.717) is 15.9 Å². The summed E-state index contributed by atoms with van der Waals surface area (Å²) in [5.41, 5.74) is 2.32. The predicted molar refractivity (Wildman–Crippen MR) is 81.8 cm³/mol. The molecule has 0 saturated heterocycles. The molecule has 0 radical (unpaired) electrons. The largest absolute Gasteiger partial charge is 0.359 e. The van der Waals surface area contributed by atoms with Crippen molar-refractivity contribution in [2.45, 2.75) is 4.90 Å². The molecule has 0 aliphatic carbocycles. The first kappa shape index (κ1) is 13.5. The monoisotopic (exact) mass is 325 g/mol. The van der Waals surface area contributed by atoms with E-state index >= 15 is 0 Å². The molecule has 0 amide bonds. The number of benzene rings is 2. The van der Waals surface area contributed by atoms with Crippen molar-refractivity contribution in [2.75, 3.05) is 0 Å². The van der Waals surface area contributed by atoms with Crippen LogP contribution in [0.5, 0.6) is 0 Å². The molecule has 0 aliphatic heterocycles. The zero-order valence-corrected chi connectivity index (χ0v) is 12.4. The Morgan fingerprint density at radius 1 is 1.00 bits per heavy atom. The van der Waals surface area contributed by atoms with Crippen LogP contribution in [0.15, 0.2) is 53.6 Å². The average molecular weight is 326 g/mol. The van der Waals surface area contributed by atoms with Gasteiger partial charge in [0.1, 0.15) is 4.90 Å². The number of nitrogens with one attached hydrogen (secondary N) is 1. The lowest BCUT2D eigenvalue weighted by Crippen LogP contribution is -1.88. The Labute approximate surface area is 125 Å². The zero-order chi connectivity index (χ0) is 14.3. The number of fused-ring (bicyclic) bond motifs is 1. The Morgan fingerprint density at radius 2 is 1.70 bits per heavy atom. The third-order valence-corrected chi connectivity index (χ3v) is 4.77. The van der Waals surface area contributed by atoms with Crippen molar-refractivity contribution in [1.82, 2.24) is 4.98 Å². The maximum atomic E-state index is 11.6. The topological polar surface area (TPSA) is 49.9 Å². The average Bonchev–Trinajstić information content (AvgIpc) is 2.83. The molecule has 3 rings (SSSR count). The van der Waals surface area contributed by atoms with E-state index in [-0.39, 0.29) is 4.90 Å². The summed E-state index contributed by atoms with van der Waals surface area (Å²) < 4.78 is 23.1. The molecule has 20 heavy (non-hydrogen) atoms. The van der Waals surface area contributed by atoms with Gasteiger partial charge in [0.05, 0.1) is 10.5 Å². The molecule has 0 bridgehead atoms. The van der Waals surface area contributed by atoms with Crippen LogP contribution in [0.3, 0.4) is 0 Å². The summed E-state index contributed by atoms with van der Waals surface area (Å²) in [4.78, 5) is 3.01. The maximum absolute atomic E-state index is 11.6. The lowest BCUT2D eigenvalue weighted by atomic mass is 10.0. The third kappa shape index (κ3) is 2.20. The summed E-state index contributed by atoms with van der Waals surface area (Å²) in [5.74, 6) is 0. The number of H-pyrrole nitrogens is 1. The summed E-state index contributed by atoms with van der Waals surface area (Å²) in [6.07, 6.45) is 1.38. The fourth-order valence-corrected chi connectivity index (χ4v) is 3.52. The molecule has 2 aromatic carbocycles. The summed E-state index contributed by atoms with van der Waals surface area (Å²) >= 11 is 6.26. The van der Waals surface area contributed by atoms with Crippen molar-refractivity contribution >= 4 is 42.2 Å². The number of hydrogen-bond acceptors (Lipinski definition) is 2. The van der Waals surface area contributed by atoms with Gasteiger partial charge in [-0.05, 0) is 17.7 Å². The van der Waals surface area contributed by atoms with E-state index in [4.69, 9.17) is 22.3 Å². The van der Waals surface area contributed by atoms with Crippen molar-refractivity contribution in [2.24, 2.45) is 0 Å². The third-order valence-electron chi connectivity index (χ3n) is 3.09. The smallest absolute Gasteiger partial charge is 0.263 e. The van der Waals surface area contributed by atoms with Gasteiger partial charge in [0.2, 0.25) is 0 Å². The van der Waals surface area contributed by atoms with Crippen LogP contribution >= 0.6 is 22.3 Å². The van der Waals surface area contributed by atoms with Gasteiger partial charge in [-0.3, -0.25) is 0 Å². The summed E-state index contributed by atoms with van der Waals surface area (Å²) in [7, 11) is 1.64.